The summed E-state index contributed by atoms with van der Waals surface area (Å²) in [5.74, 6) is 0.857. The van der Waals surface area contributed by atoms with Gasteiger partial charge in [-0.05, 0) is 57.2 Å². The summed E-state index contributed by atoms with van der Waals surface area (Å²) in [4.78, 5) is 20.1. The second kappa shape index (κ2) is 10.9. The quantitative estimate of drug-likeness (QED) is 0.506. The third-order valence-corrected chi connectivity index (χ3v) is 6.93. The van der Waals surface area contributed by atoms with Crippen LogP contribution in [-0.2, 0) is 29.3 Å². The summed E-state index contributed by atoms with van der Waals surface area (Å²) >= 11 is 0. The minimum Gasteiger partial charge on any atom is -0.444 e. The van der Waals surface area contributed by atoms with Crippen molar-refractivity contribution < 1.29 is 27.4 Å². The summed E-state index contributed by atoms with van der Waals surface area (Å²) in [7, 11) is 3.55. The minimum absolute atomic E-state index is 0.0380. The highest BCUT2D eigenvalue weighted by atomic mass is 19.4. The van der Waals surface area contributed by atoms with E-state index in [1.165, 1.54) is 6.07 Å². The highest BCUT2D eigenvalue weighted by molar-refractivity contribution is 6.17. The molecule has 0 spiro atoms. The Hall–Kier alpha value is -3.52. The van der Waals surface area contributed by atoms with E-state index in [0.29, 0.717) is 55.2 Å². The summed E-state index contributed by atoms with van der Waals surface area (Å²) in [5, 5.41) is 9.57. The number of carbonyl (C=O) groups is 1. The largest absolute Gasteiger partial charge is 0.444 e. The van der Waals surface area contributed by atoms with E-state index in [1.54, 1.807) is 35.2 Å². The fraction of sp³-hybridized carbons (Fsp3) is 0.536. The summed E-state index contributed by atoms with van der Waals surface area (Å²) in [6.45, 7) is 6.61. The zero-order chi connectivity index (χ0) is 28.5. The Balaban J connectivity index is 1.44. The predicted molar refractivity (Wildman–Crippen MR) is 140 cm³/mol. The van der Waals surface area contributed by atoms with Gasteiger partial charge in [0.1, 0.15) is 17.5 Å². The van der Waals surface area contributed by atoms with Crippen molar-refractivity contribution in [3.8, 4) is 6.07 Å². The highest BCUT2D eigenvalue weighted by Gasteiger charge is 2.35. The second-order valence-corrected chi connectivity index (χ2v) is 11.1. The summed E-state index contributed by atoms with van der Waals surface area (Å²) in [5.41, 5.74) is -0.0000575. The molecular formula is C28H34F3N5O3. The van der Waals surface area contributed by atoms with Crippen LogP contribution in [0.4, 0.5) is 23.8 Å². The number of nitriles is 1. The fourth-order valence-corrected chi connectivity index (χ4v) is 4.94. The van der Waals surface area contributed by atoms with Gasteiger partial charge in [0.05, 0.1) is 17.9 Å². The normalized spacial score (nSPS) is 18.4. The van der Waals surface area contributed by atoms with E-state index in [-0.39, 0.29) is 24.2 Å². The molecule has 1 aromatic heterocycles. The Labute approximate surface area is 226 Å². The number of hydrogen-bond acceptors (Lipinski definition) is 6. The molecular weight excluding hydrogens is 511 g/mol. The van der Waals surface area contributed by atoms with E-state index in [9.17, 15) is 23.2 Å². The van der Waals surface area contributed by atoms with Gasteiger partial charge in [0.25, 0.3) is 0 Å². The van der Waals surface area contributed by atoms with Gasteiger partial charge in [-0.25, -0.2) is 9.79 Å². The van der Waals surface area contributed by atoms with E-state index in [4.69, 9.17) is 9.47 Å². The number of fused-ring (bicyclic) bond motifs is 1. The highest BCUT2D eigenvalue weighted by Crippen LogP contribution is 2.36. The van der Waals surface area contributed by atoms with Crippen molar-refractivity contribution >= 4 is 17.6 Å². The van der Waals surface area contributed by atoms with Crippen LogP contribution in [0.15, 0.2) is 35.5 Å². The molecule has 4 rings (SSSR count). The molecule has 0 saturated carbocycles. The Bertz CT molecular complexity index is 1280. The number of nitrogens with zero attached hydrogens (tertiary/aromatic N) is 5. The number of piperidine rings is 1. The topological polar surface area (TPSA) is 83.1 Å². The molecule has 210 valence electrons. The van der Waals surface area contributed by atoms with Gasteiger partial charge in [-0.1, -0.05) is 12.1 Å². The Morgan fingerprint density at radius 3 is 2.46 bits per heavy atom. The first-order valence-corrected chi connectivity index (χ1v) is 12.9. The molecule has 1 unspecified atom stereocenters. The lowest BCUT2D eigenvalue weighted by Gasteiger charge is -2.33. The molecule has 0 radical (unpaired) electrons. The third kappa shape index (κ3) is 6.38. The molecule has 8 nitrogen and oxygen atoms in total. The number of aliphatic imine (C=N–C) groups is 1. The molecule has 1 aromatic carbocycles. The lowest BCUT2D eigenvalue weighted by Crippen LogP contribution is -2.42. The van der Waals surface area contributed by atoms with Crippen molar-refractivity contribution in [1.82, 2.24) is 9.47 Å². The zero-order valence-corrected chi connectivity index (χ0v) is 22.9. The van der Waals surface area contributed by atoms with Crippen molar-refractivity contribution in [2.75, 3.05) is 31.6 Å². The molecule has 11 heteroatoms. The maximum atomic E-state index is 14.1. The van der Waals surface area contributed by atoms with Crippen molar-refractivity contribution in [2.45, 2.75) is 58.2 Å². The van der Waals surface area contributed by atoms with Crippen LogP contribution in [0.1, 0.15) is 55.9 Å². The Morgan fingerprint density at radius 2 is 1.85 bits per heavy atom. The average Bonchev–Trinajstić information content (AvgIpc) is 3.25. The summed E-state index contributed by atoms with van der Waals surface area (Å²) < 4.78 is 55.3. The maximum absolute atomic E-state index is 14.1. The van der Waals surface area contributed by atoms with Crippen LogP contribution in [0, 0.1) is 17.2 Å². The molecule has 2 aliphatic heterocycles. The van der Waals surface area contributed by atoms with E-state index >= 15 is 0 Å². The smallest absolute Gasteiger partial charge is 0.416 e. The molecule has 0 N–H and O–H groups in total. The third-order valence-electron chi connectivity index (χ3n) is 6.93. The number of aromatic nitrogens is 1. The second-order valence-electron chi connectivity index (χ2n) is 11.1. The summed E-state index contributed by atoms with van der Waals surface area (Å²) in [6.07, 6.45) is -2.61. The number of alkyl halides is 3. The number of halogens is 3. The van der Waals surface area contributed by atoms with Gasteiger partial charge < -0.3 is 23.8 Å². The van der Waals surface area contributed by atoms with E-state index < -0.39 is 23.5 Å². The van der Waals surface area contributed by atoms with Crippen LogP contribution < -0.4 is 4.90 Å². The number of likely N-dealkylation sites (tertiary alicyclic amines) is 1. The molecule has 0 aliphatic carbocycles. The number of aryl methyl sites for hydroxylation is 1. The van der Waals surface area contributed by atoms with Gasteiger partial charge in [-0.3, -0.25) is 0 Å². The number of carbonyl (C=O) groups excluding carboxylic acids is 1. The lowest BCUT2D eigenvalue weighted by atomic mass is 9.96. The molecule has 0 bridgehead atoms. The molecule has 1 amide bonds. The van der Waals surface area contributed by atoms with Gasteiger partial charge in [-0.2, -0.15) is 18.4 Å². The van der Waals surface area contributed by atoms with Crippen molar-refractivity contribution in [2.24, 2.45) is 18.0 Å². The van der Waals surface area contributed by atoms with Gasteiger partial charge in [0.15, 0.2) is 0 Å². The lowest BCUT2D eigenvalue weighted by molar-refractivity contribution is -0.139. The first kappa shape index (κ1) is 28.5. The molecule has 1 saturated heterocycles. The van der Waals surface area contributed by atoms with Crippen LogP contribution in [0.3, 0.4) is 0 Å². The number of rotatable bonds is 5. The number of anilines is 1. The molecule has 39 heavy (non-hydrogen) atoms. The van der Waals surface area contributed by atoms with Gasteiger partial charge >= 0.3 is 12.3 Å². The van der Waals surface area contributed by atoms with E-state index in [2.05, 4.69) is 11.1 Å². The average molecular weight is 546 g/mol. The van der Waals surface area contributed by atoms with Crippen LogP contribution in [0.2, 0.25) is 0 Å². The van der Waals surface area contributed by atoms with Crippen LogP contribution >= 0.6 is 0 Å². The number of ether oxygens (including phenoxy) is 2. The first-order chi connectivity index (χ1) is 18.3. The number of benzene rings is 1. The van der Waals surface area contributed by atoms with Crippen LogP contribution in [0.5, 0.6) is 0 Å². The molecule has 1 atom stereocenters. The Morgan fingerprint density at radius 1 is 1.15 bits per heavy atom. The van der Waals surface area contributed by atoms with Crippen molar-refractivity contribution in [3.63, 3.8) is 0 Å². The summed E-state index contributed by atoms with van der Waals surface area (Å²) in [6, 6.07) is 8.00. The van der Waals surface area contributed by atoms with E-state index in [1.807, 2.05) is 32.4 Å². The van der Waals surface area contributed by atoms with Crippen molar-refractivity contribution in [1.29, 1.82) is 5.26 Å². The fourth-order valence-electron chi connectivity index (χ4n) is 4.94. The molecule has 2 aromatic rings. The van der Waals surface area contributed by atoms with Gasteiger partial charge in [0, 0.05) is 51.1 Å². The number of hydrogen-bond donors (Lipinski definition) is 0. The zero-order valence-electron chi connectivity index (χ0n) is 22.9. The first-order valence-electron chi connectivity index (χ1n) is 12.9. The minimum atomic E-state index is -4.59. The van der Waals surface area contributed by atoms with Crippen molar-refractivity contribution in [3.05, 3.63) is 52.7 Å². The maximum Gasteiger partial charge on any atom is 0.416 e. The number of amides is 1. The van der Waals surface area contributed by atoms with E-state index in [0.717, 1.165) is 6.07 Å². The molecule has 3 heterocycles. The van der Waals surface area contributed by atoms with Gasteiger partial charge in [0.2, 0.25) is 6.17 Å². The molecule has 2 aliphatic rings. The van der Waals surface area contributed by atoms with Crippen LogP contribution in [-0.4, -0.2) is 59.8 Å². The Kier molecular flexibility index (Phi) is 7.98. The standard InChI is InChI=1S/C28H34F3N5O3/c1-27(2,3)39-26(37)36-12-8-18(9-13-36)16-38-17-20-7-6-19(14-22(20)28(29,30)31)24-21-10-11-34(4)25(21)35(5)23(15-32)33-24/h6-7,10-11,14,18,23H,8-9,12-13,16-17H2,1-5H3. The van der Waals surface area contributed by atoms with Crippen LogP contribution in [0.25, 0.3) is 0 Å². The molecule has 1 fully saturated rings. The van der Waals surface area contributed by atoms with Gasteiger partial charge in [-0.15, -0.1) is 0 Å². The predicted octanol–water partition coefficient (Wildman–Crippen LogP) is 5.34. The monoisotopic (exact) mass is 545 g/mol. The SMILES string of the molecule is CN1c2c(ccn2C)C(c2ccc(COCC3CCN(C(=O)OC(C)(C)C)CC3)c(C(F)(F)F)c2)=NC1C#N.